The van der Waals surface area contributed by atoms with Crippen LogP contribution < -0.4 is 5.73 Å². The SMILES string of the molecule is COC(=O)[C@@H](N)Cc1cncnc1.Cl.Cl. The molecule has 86 valence electrons. The Hall–Kier alpha value is -0.910. The van der Waals surface area contributed by atoms with Crippen molar-refractivity contribution in [2.45, 2.75) is 12.5 Å². The minimum atomic E-state index is -0.643. The van der Waals surface area contributed by atoms with E-state index in [1.165, 1.54) is 13.4 Å². The van der Waals surface area contributed by atoms with Crippen molar-refractivity contribution in [1.29, 1.82) is 0 Å². The standard InChI is InChI=1S/C8H11N3O2.2ClH/c1-13-8(12)7(9)2-6-3-10-5-11-4-6;;/h3-5,7H,2,9H2,1H3;2*1H/t7-;;/m0../s1. The molecule has 2 N–H and O–H groups in total. The van der Waals surface area contributed by atoms with Crippen molar-refractivity contribution in [3.8, 4) is 0 Å². The molecule has 0 saturated carbocycles. The molecule has 1 aromatic heterocycles. The molecule has 0 amide bonds. The molecule has 0 bridgehead atoms. The zero-order valence-electron chi connectivity index (χ0n) is 8.12. The van der Waals surface area contributed by atoms with E-state index in [4.69, 9.17) is 5.73 Å². The number of carbonyl (C=O) groups excluding carboxylic acids is 1. The molecule has 0 spiro atoms. The number of methoxy groups -OCH3 is 1. The molecule has 15 heavy (non-hydrogen) atoms. The third kappa shape index (κ3) is 5.51. The molecule has 0 unspecified atom stereocenters. The average molecular weight is 254 g/mol. The summed E-state index contributed by atoms with van der Waals surface area (Å²) >= 11 is 0. The maximum Gasteiger partial charge on any atom is 0.322 e. The number of halogens is 2. The van der Waals surface area contributed by atoms with Crippen molar-refractivity contribution in [2.75, 3.05) is 7.11 Å². The maximum absolute atomic E-state index is 10.9. The van der Waals surface area contributed by atoms with E-state index in [1.807, 2.05) is 0 Å². The van der Waals surface area contributed by atoms with E-state index in [2.05, 4.69) is 14.7 Å². The number of rotatable bonds is 3. The Morgan fingerprint density at radius 1 is 1.47 bits per heavy atom. The summed E-state index contributed by atoms with van der Waals surface area (Å²) in [5.74, 6) is -0.427. The molecule has 0 aliphatic carbocycles. The van der Waals surface area contributed by atoms with E-state index in [0.717, 1.165) is 5.56 Å². The van der Waals surface area contributed by atoms with Crippen LogP contribution in [0, 0.1) is 0 Å². The van der Waals surface area contributed by atoms with Crippen LogP contribution >= 0.6 is 24.8 Å². The molecule has 0 aliphatic heterocycles. The minimum Gasteiger partial charge on any atom is -0.468 e. The van der Waals surface area contributed by atoms with Gasteiger partial charge in [-0.05, 0) is 5.56 Å². The summed E-state index contributed by atoms with van der Waals surface area (Å²) in [5.41, 5.74) is 6.35. The van der Waals surface area contributed by atoms with Crippen LogP contribution in [0.15, 0.2) is 18.7 Å². The molecule has 7 heteroatoms. The molecule has 1 aromatic rings. The molecule has 1 heterocycles. The summed E-state index contributed by atoms with van der Waals surface area (Å²) in [6.07, 6.45) is 5.06. The first-order valence-corrected chi connectivity index (χ1v) is 3.81. The number of aromatic nitrogens is 2. The predicted molar refractivity (Wildman–Crippen MR) is 60.2 cm³/mol. The van der Waals surface area contributed by atoms with Crippen molar-refractivity contribution < 1.29 is 9.53 Å². The van der Waals surface area contributed by atoms with Gasteiger partial charge in [-0.25, -0.2) is 9.97 Å². The third-order valence-corrected chi connectivity index (χ3v) is 1.57. The molecule has 0 aromatic carbocycles. The highest BCUT2D eigenvalue weighted by Crippen LogP contribution is 1.98. The summed E-state index contributed by atoms with van der Waals surface area (Å²) in [4.78, 5) is 18.5. The number of hydrogen-bond donors (Lipinski definition) is 1. The summed E-state index contributed by atoms with van der Waals surface area (Å²) in [5, 5.41) is 0. The van der Waals surface area contributed by atoms with Crippen LogP contribution in [0.5, 0.6) is 0 Å². The lowest BCUT2D eigenvalue weighted by Crippen LogP contribution is -2.33. The first-order chi connectivity index (χ1) is 6.24. The van der Waals surface area contributed by atoms with Crippen LogP contribution in [0.2, 0.25) is 0 Å². The Kier molecular flexibility index (Phi) is 9.25. The highest BCUT2D eigenvalue weighted by Gasteiger charge is 2.13. The fraction of sp³-hybridized carbons (Fsp3) is 0.375. The Morgan fingerprint density at radius 3 is 2.47 bits per heavy atom. The second-order valence-electron chi connectivity index (χ2n) is 2.58. The minimum absolute atomic E-state index is 0. The summed E-state index contributed by atoms with van der Waals surface area (Å²) in [6, 6.07) is -0.643. The van der Waals surface area contributed by atoms with Gasteiger partial charge in [-0.2, -0.15) is 0 Å². The highest BCUT2D eigenvalue weighted by atomic mass is 35.5. The van der Waals surface area contributed by atoms with E-state index >= 15 is 0 Å². The molecule has 1 rings (SSSR count). The van der Waals surface area contributed by atoms with Gasteiger partial charge in [-0.15, -0.1) is 24.8 Å². The number of esters is 1. The van der Waals surface area contributed by atoms with E-state index in [0.29, 0.717) is 6.42 Å². The molecule has 5 nitrogen and oxygen atoms in total. The number of carbonyl (C=O) groups is 1. The van der Waals surface area contributed by atoms with Crippen LogP contribution in [-0.2, 0) is 16.0 Å². The Bertz CT molecular complexity index is 284. The largest absolute Gasteiger partial charge is 0.468 e. The van der Waals surface area contributed by atoms with Gasteiger partial charge in [-0.3, -0.25) is 4.79 Å². The second-order valence-corrected chi connectivity index (χ2v) is 2.58. The van der Waals surface area contributed by atoms with Crippen molar-refractivity contribution in [3.63, 3.8) is 0 Å². The van der Waals surface area contributed by atoms with Gasteiger partial charge in [0.1, 0.15) is 12.4 Å². The number of hydrogen-bond acceptors (Lipinski definition) is 5. The van der Waals surface area contributed by atoms with Gasteiger partial charge in [0.05, 0.1) is 7.11 Å². The summed E-state index contributed by atoms with van der Waals surface area (Å²) in [6.45, 7) is 0. The van der Waals surface area contributed by atoms with E-state index in [-0.39, 0.29) is 24.8 Å². The lowest BCUT2D eigenvalue weighted by atomic mass is 10.1. The smallest absolute Gasteiger partial charge is 0.322 e. The van der Waals surface area contributed by atoms with E-state index in [1.54, 1.807) is 12.4 Å². The van der Waals surface area contributed by atoms with Gasteiger partial charge in [-0.1, -0.05) is 0 Å². The molecule has 0 saturated heterocycles. The number of nitrogens with zero attached hydrogens (tertiary/aromatic N) is 2. The van der Waals surface area contributed by atoms with E-state index in [9.17, 15) is 4.79 Å². The van der Waals surface area contributed by atoms with E-state index < -0.39 is 12.0 Å². The van der Waals surface area contributed by atoms with Crippen molar-refractivity contribution >= 4 is 30.8 Å². The fourth-order valence-electron chi connectivity index (χ4n) is 0.924. The zero-order chi connectivity index (χ0) is 9.68. The van der Waals surface area contributed by atoms with Gasteiger partial charge >= 0.3 is 5.97 Å². The van der Waals surface area contributed by atoms with Gasteiger partial charge in [0.15, 0.2) is 0 Å². The number of ether oxygens (including phenoxy) is 1. The van der Waals surface area contributed by atoms with Crippen molar-refractivity contribution in [1.82, 2.24) is 9.97 Å². The summed E-state index contributed by atoms with van der Waals surface area (Å²) < 4.78 is 4.48. The molecule has 0 aliphatic rings. The van der Waals surface area contributed by atoms with Crippen LogP contribution in [0.3, 0.4) is 0 Å². The van der Waals surface area contributed by atoms with Gasteiger partial charge in [0.25, 0.3) is 0 Å². The first-order valence-electron chi connectivity index (χ1n) is 3.81. The maximum atomic E-state index is 10.9. The lowest BCUT2D eigenvalue weighted by molar-refractivity contribution is -0.142. The Balaban J connectivity index is 0. The molecule has 0 fully saturated rings. The average Bonchev–Trinajstić information content (AvgIpc) is 2.18. The van der Waals surface area contributed by atoms with Crippen molar-refractivity contribution in [2.24, 2.45) is 5.73 Å². The number of nitrogens with two attached hydrogens (primary N) is 1. The predicted octanol–water partition coefficient (Wildman–Crippen LogP) is 0.363. The molecule has 0 radical (unpaired) electrons. The Morgan fingerprint density at radius 2 is 2.00 bits per heavy atom. The highest BCUT2D eigenvalue weighted by molar-refractivity contribution is 5.85. The molecular weight excluding hydrogens is 241 g/mol. The van der Waals surface area contributed by atoms with Crippen LogP contribution in [-0.4, -0.2) is 29.1 Å². The van der Waals surface area contributed by atoms with Gasteiger partial charge < -0.3 is 10.5 Å². The van der Waals surface area contributed by atoms with Crippen LogP contribution in [0.1, 0.15) is 5.56 Å². The fourth-order valence-corrected chi connectivity index (χ4v) is 0.924. The normalized spacial score (nSPS) is 10.5. The molecular formula is C8H13Cl2N3O2. The van der Waals surface area contributed by atoms with Crippen molar-refractivity contribution in [3.05, 3.63) is 24.3 Å². The summed E-state index contributed by atoms with van der Waals surface area (Å²) in [7, 11) is 1.31. The Labute approximate surface area is 100 Å². The van der Waals surface area contributed by atoms with Gasteiger partial charge in [0.2, 0.25) is 0 Å². The zero-order valence-corrected chi connectivity index (χ0v) is 9.75. The van der Waals surface area contributed by atoms with Crippen LogP contribution in [0.4, 0.5) is 0 Å². The van der Waals surface area contributed by atoms with Crippen LogP contribution in [0.25, 0.3) is 0 Å². The quantitative estimate of drug-likeness (QED) is 0.788. The van der Waals surface area contributed by atoms with Gasteiger partial charge in [0, 0.05) is 18.8 Å². The third-order valence-electron chi connectivity index (χ3n) is 1.57. The monoisotopic (exact) mass is 253 g/mol. The first kappa shape index (κ1) is 16.5. The second kappa shape index (κ2) is 8.40. The topological polar surface area (TPSA) is 78.1 Å². The molecule has 1 atom stereocenters. The lowest BCUT2D eigenvalue weighted by Gasteiger charge is -2.07.